The molecular formula is C10H14MnO4. The van der Waals surface area contributed by atoms with Gasteiger partial charge in [0.1, 0.15) is 0 Å². The molecule has 0 saturated heterocycles. The monoisotopic (exact) mass is 253 g/mol. The largest absolute Gasteiger partial charge is 2.00 e. The normalized spacial score (nSPS) is 10.7. The molecule has 15 heavy (non-hydrogen) atoms. The van der Waals surface area contributed by atoms with Crippen molar-refractivity contribution in [1.82, 2.24) is 0 Å². The maximum atomic E-state index is 9.98. The van der Waals surface area contributed by atoms with Gasteiger partial charge in [0.05, 0.1) is 0 Å². The van der Waals surface area contributed by atoms with E-state index in [0.717, 1.165) is 12.2 Å². The summed E-state index contributed by atoms with van der Waals surface area (Å²) in [6.07, 6.45) is 2.11. The van der Waals surface area contributed by atoms with Crippen molar-refractivity contribution in [2.75, 3.05) is 0 Å². The summed E-state index contributed by atoms with van der Waals surface area (Å²) in [4.78, 5) is 20.0. The second kappa shape index (κ2) is 11.0. The third kappa shape index (κ3) is 32.2. The van der Waals surface area contributed by atoms with Gasteiger partial charge in [0, 0.05) is 0 Å². The van der Waals surface area contributed by atoms with Crippen molar-refractivity contribution in [3.8, 4) is 0 Å². The van der Waals surface area contributed by atoms with E-state index in [4.69, 9.17) is 0 Å². The average molecular weight is 253 g/mol. The minimum absolute atomic E-state index is 0. The molecule has 1 radical (unpaired) electrons. The molecule has 0 aliphatic heterocycles. The topological polar surface area (TPSA) is 80.3 Å². The van der Waals surface area contributed by atoms with Crippen LogP contribution in [0.25, 0.3) is 0 Å². The molecule has 85 valence electrons. The SMILES string of the molecule is CC(=O)/C=C(\C)[O-].CC(=O)/C=C(\C)[O-].[Mn+2]. The fourth-order valence-electron chi connectivity index (χ4n) is 0.572. The molecule has 0 unspecified atom stereocenters. The van der Waals surface area contributed by atoms with E-state index in [1.807, 2.05) is 0 Å². The zero-order valence-corrected chi connectivity index (χ0v) is 10.3. The molecule has 0 rings (SSSR count). The van der Waals surface area contributed by atoms with Gasteiger partial charge in [0.2, 0.25) is 0 Å². The number of allylic oxidation sites excluding steroid dienone is 4. The Balaban J connectivity index is -0.000000180. The van der Waals surface area contributed by atoms with Crippen molar-refractivity contribution in [3.63, 3.8) is 0 Å². The van der Waals surface area contributed by atoms with E-state index in [1.54, 1.807) is 0 Å². The summed E-state index contributed by atoms with van der Waals surface area (Å²) in [5.41, 5.74) is 0. The van der Waals surface area contributed by atoms with Gasteiger partial charge in [-0.2, -0.15) is 0 Å². The van der Waals surface area contributed by atoms with Gasteiger partial charge < -0.3 is 10.2 Å². The first-order chi connectivity index (χ1) is 6.25. The molecule has 0 bridgehead atoms. The van der Waals surface area contributed by atoms with Crippen molar-refractivity contribution >= 4 is 11.6 Å². The van der Waals surface area contributed by atoms with Gasteiger partial charge in [0.15, 0.2) is 11.6 Å². The molecule has 0 aromatic rings. The quantitative estimate of drug-likeness (QED) is 0.383. The van der Waals surface area contributed by atoms with Crippen molar-refractivity contribution < 1.29 is 36.9 Å². The molecule has 0 saturated carbocycles. The molecule has 0 heterocycles. The van der Waals surface area contributed by atoms with Crippen molar-refractivity contribution in [3.05, 3.63) is 23.7 Å². The van der Waals surface area contributed by atoms with Crippen LogP contribution in [0.5, 0.6) is 0 Å². The van der Waals surface area contributed by atoms with Crippen LogP contribution in [0.3, 0.4) is 0 Å². The third-order valence-corrected chi connectivity index (χ3v) is 0.813. The van der Waals surface area contributed by atoms with E-state index in [-0.39, 0.29) is 40.2 Å². The van der Waals surface area contributed by atoms with Crippen LogP contribution in [0, 0.1) is 0 Å². The molecule has 0 amide bonds. The van der Waals surface area contributed by atoms with E-state index in [0.29, 0.717) is 0 Å². The van der Waals surface area contributed by atoms with E-state index < -0.39 is 0 Å². The molecule has 5 heteroatoms. The summed E-state index contributed by atoms with van der Waals surface area (Å²) < 4.78 is 0. The Bertz CT molecular complexity index is 231. The summed E-state index contributed by atoms with van der Waals surface area (Å²) in [7, 11) is 0. The van der Waals surface area contributed by atoms with Crippen LogP contribution in [-0.2, 0) is 26.7 Å². The van der Waals surface area contributed by atoms with Crippen LogP contribution >= 0.6 is 0 Å². The Morgan fingerprint density at radius 2 is 1.00 bits per heavy atom. The summed E-state index contributed by atoms with van der Waals surface area (Å²) in [5.74, 6) is -0.750. The molecule has 0 N–H and O–H groups in total. The third-order valence-electron chi connectivity index (χ3n) is 0.813. The first-order valence-corrected chi connectivity index (χ1v) is 3.97. The van der Waals surface area contributed by atoms with E-state index in [9.17, 15) is 19.8 Å². The van der Waals surface area contributed by atoms with Crippen LogP contribution in [0.4, 0.5) is 0 Å². The zero-order chi connectivity index (χ0) is 11.7. The maximum absolute atomic E-state index is 9.98. The Kier molecular flexibility index (Phi) is 14.3. The molecule has 0 aliphatic carbocycles. The first-order valence-electron chi connectivity index (χ1n) is 3.97. The average Bonchev–Trinajstić information content (AvgIpc) is 1.79. The van der Waals surface area contributed by atoms with Crippen LogP contribution in [0.1, 0.15) is 27.7 Å². The van der Waals surface area contributed by atoms with Crippen molar-refractivity contribution in [2.24, 2.45) is 0 Å². The molecule has 0 aliphatic rings. The van der Waals surface area contributed by atoms with Crippen LogP contribution in [0.15, 0.2) is 23.7 Å². The number of ketones is 2. The fraction of sp³-hybridized carbons (Fsp3) is 0.400. The second-order valence-corrected chi connectivity index (χ2v) is 2.73. The second-order valence-electron chi connectivity index (χ2n) is 2.73. The smallest absolute Gasteiger partial charge is 0.876 e. The summed E-state index contributed by atoms with van der Waals surface area (Å²) in [6, 6.07) is 0. The molecule has 0 aromatic carbocycles. The zero-order valence-electron chi connectivity index (χ0n) is 9.17. The Hall–Kier alpha value is -1.06. The van der Waals surface area contributed by atoms with Gasteiger partial charge in [-0.05, 0) is 26.0 Å². The van der Waals surface area contributed by atoms with Crippen molar-refractivity contribution in [1.29, 1.82) is 0 Å². The van der Waals surface area contributed by atoms with Gasteiger partial charge in [0.25, 0.3) is 0 Å². The molecule has 0 atom stereocenters. The molecule has 4 nitrogen and oxygen atoms in total. The van der Waals surface area contributed by atoms with E-state index in [2.05, 4.69) is 0 Å². The van der Waals surface area contributed by atoms with Crippen LogP contribution < -0.4 is 10.2 Å². The fourth-order valence-corrected chi connectivity index (χ4v) is 0.572. The van der Waals surface area contributed by atoms with Gasteiger partial charge in [-0.1, -0.05) is 13.8 Å². The Morgan fingerprint density at radius 3 is 1.00 bits per heavy atom. The first kappa shape index (κ1) is 19.5. The van der Waals surface area contributed by atoms with E-state index in [1.165, 1.54) is 27.7 Å². The summed E-state index contributed by atoms with van der Waals surface area (Å²) in [5, 5.41) is 20.0. The number of carbonyl (C=O) groups excluding carboxylic acids is 2. The minimum Gasteiger partial charge on any atom is -0.876 e. The standard InChI is InChI=1S/2C5H8O2.Mn/c2*1-4(6)3-5(2)7;/h2*3,6H,1-2H3;/q;;+2/p-2/b2*4-3+;. The predicted molar refractivity (Wildman–Crippen MR) is 48.9 cm³/mol. The predicted octanol–water partition coefficient (Wildman–Crippen LogP) is -0.324. The maximum Gasteiger partial charge on any atom is 2.00 e. The summed E-state index contributed by atoms with van der Waals surface area (Å²) >= 11 is 0. The van der Waals surface area contributed by atoms with Crippen LogP contribution in [0.2, 0.25) is 0 Å². The van der Waals surface area contributed by atoms with Crippen LogP contribution in [-0.4, -0.2) is 11.6 Å². The Morgan fingerprint density at radius 1 is 0.800 bits per heavy atom. The number of hydrogen-bond donors (Lipinski definition) is 0. The Labute approximate surface area is 100 Å². The molecule has 0 spiro atoms. The molecule has 0 aromatic heterocycles. The minimum atomic E-state index is -0.187. The number of rotatable bonds is 2. The van der Waals surface area contributed by atoms with Gasteiger partial charge in [-0.15, -0.1) is 11.5 Å². The van der Waals surface area contributed by atoms with Gasteiger partial charge >= 0.3 is 17.1 Å². The van der Waals surface area contributed by atoms with Gasteiger partial charge in [-0.25, -0.2) is 0 Å². The number of hydrogen-bond acceptors (Lipinski definition) is 4. The van der Waals surface area contributed by atoms with Gasteiger partial charge in [-0.3, -0.25) is 9.59 Å². The number of carbonyl (C=O) groups is 2. The van der Waals surface area contributed by atoms with E-state index >= 15 is 0 Å². The molecular weight excluding hydrogens is 239 g/mol. The van der Waals surface area contributed by atoms with Crippen molar-refractivity contribution in [2.45, 2.75) is 27.7 Å². The molecule has 0 fully saturated rings. The summed E-state index contributed by atoms with van der Waals surface area (Å²) in [6.45, 7) is 5.39.